The Labute approximate surface area is 155 Å². The highest BCUT2D eigenvalue weighted by Gasteiger charge is 2.18. The second-order valence-electron chi connectivity index (χ2n) is 5.31. The molecule has 25 heavy (non-hydrogen) atoms. The molecular weight excluding hydrogens is 359 g/mol. The number of nitrogen functional groups attached to an aromatic ring is 1. The molecule has 0 aliphatic heterocycles. The highest BCUT2D eigenvalue weighted by atomic mass is 35.5. The summed E-state index contributed by atoms with van der Waals surface area (Å²) in [6, 6.07) is 16.7. The lowest BCUT2D eigenvalue weighted by Crippen LogP contribution is -2.06. The normalized spacial score (nSPS) is 10.4. The highest BCUT2D eigenvalue weighted by Crippen LogP contribution is 2.26. The van der Waals surface area contributed by atoms with Gasteiger partial charge >= 0.3 is 0 Å². The summed E-state index contributed by atoms with van der Waals surface area (Å²) in [7, 11) is 0. The van der Waals surface area contributed by atoms with E-state index >= 15 is 0 Å². The first kappa shape index (κ1) is 17.2. The van der Waals surface area contributed by atoms with Crippen LogP contribution in [-0.4, -0.2) is 9.78 Å². The quantitative estimate of drug-likeness (QED) is 0.725. The van der Waals surface area contributed by atoms with Gasteiger partial charge in [-0.25, -0.2) is 4.68 Å². The van der Waals surface area contributed by atoms with Crippen LogP contribution in [0.1, 0.15) is 16.7 Å². The van der Waals surface area contributed by atoms with E-state index in [-0.39, 0.29) is 23.9 Å². The van der Waals surface area contributed by atoms with Crippen LogP contribution >= 0.6 is 23.2 Å². The SMILES string of the molecule is N#Cc1c(OCc2ccccc2Cl)nn(Cc2ccccc2Cl)c1N. The van der Waals surface area contributed by atoms with Crippen molar-refractivity contribution in [2.45, 2.75) is 13.2 Å². The van der Waals surface area contributed by atoms with E-state index in [1.165, 1.54) is 4.68 Å². The molecule has 3 aromatic rings. The lowest BCUT2D eigenvalue weighted by Gasteiger charge is -2.06. The number of ether oxygens (including phenoxy) is 1. The van der Waals surface area contributed by atoms with E-state index in [9.17, 15) is 5.26 Å². The van der Waals surface area contributed by atoms with Gasteiger partial charge in [0.05, 0.1) is 6.54 Å². The van der Waals surface area contributed by atoms with Crippen molar-refractivity contribution in [1.29, 1.82) is 5.26 Å². The van der Waals surface area contributed by atoms with Gasteiger partial charge in [0.25, 0.3) is 5.88 Å². The molecule has 0 atom stereocenters. The van der Waals surface area contributed by atoms with E-state index in [0.717, 1.165) is 11.1 Å². The Balaban J connectivity index is 1.85. The zero-order chi connectivity index (χ0) is 17.8. The van der Waals surface area contributed by atoms with Crippen LogP contribution < -0.4 is 10.5 Å². The first-order chi connectivity index (χ1) is 12.1. The number of halogens is 2. The molecule has 1 aromatic heterocycles. The van der Waals surface area contributed by atoms with Gasteiger partial charge in [0.1, 0.15) is 18.5 Å². The molecule has 0 aliphatic carbocycles. The Morgan fingerprint density at radius 3 is 2.24 bits per heavy atom. The number of aromatic nitrogens is 2. The van der Waals surface area contributed by atoms with Gasteiger partial charge in [0.2, 0.25) is 0 Å². The Morgan fingerprint density at radius 2 is 1.64 bits per heavy atom. The molecule has 0 saturated carbocycles. The van der Waals surface area contributed by atoms with Crippen LogP contribution in [0.3, 0.4) is 0 Å². The topological polar surface area (TPSA) is 76.9 Å². The Morgan fingerprint density at radius 1 is 1.04 bits per heavy atom. The van der Waals surface area contributed by atoms with Gasteiger partial charge in [-0.3, -0.25) is 0 Å². The monoisotopic (exact) mass is 372 g/mol. The first-order valence-corrected chi connectivity index (χ1v) is 8.21. The molecule has 5 nitrogen and oxygen atoms in total. The third-order valence-electron chi connectivity index (χ3n) is 3.67. The van der Waals surface area contributed by atoms with Crippen molar-refractivity contribution in [2.24, 2.45) is 0 Å². The molecule has 0 radical (unpaired) electrons. The van der Waals surface area contributed by atoms with Crippen molar-refractivity contribution in [3.8, 4) is 11.9 Å². The zero-order valence-corrected chi connectivity index (χ0v) is 14.6. The number of rotatable bonds is 5. The van der Waals surface area contributed by atoms with E-state index in [1.807, 2.05) is 42.5 Å². The molecule has 1 heterocycles. The number of hydrogen-bond donors (Lipinski definition) is 1. The van der Waals surface area contributed by atoms with Gasteiger partial charge in [-0.05, 0) is 17.7 Å². The number of anilines is 1. The fourth-order valence-electron chi connectivity index (χ4n) is 2.33. The Hall–Kier alpha value is -2.68. The predicted molar refractivity (Wildman–Crippen MR) is 97.7 cm³/mol. The minimum Gasteiger partial charge on any atom is -0.471 e. The van der Waals surface area contributed by atoms with E-state index in [0.29, 0.717) is 16.6 Å². The summed E-state index contributed by atoms with van der Waals surface area (Å²) in [4.78, 5) is 0. The van der Waals surface area contributed by atoms with Gasteiger partial charge in [-0.2, -0.15) is 5.26 Å². The molecule has 0 fully saturated rings. The van der Waals surface area contributed by atoms with E-state index in [1.54, 1.807) is 12.1 Å². The van der Waals surface area contributed by atoms with E-state index in [2.05, 4.69) is 5.10 Å². The maximum Gasteiger partial charge on any atom is 0.253 e. The van der Waals surface area contributed by atoms with Crippen molar-refractivity contribution in [1.82, 2.24) is 9.78 Å². The van der Waals surface area contributed by atoms with E-state index in [4.69, 9.17) is 33.7 Å². The molecule has 7 heteroatoms. The third kappa shape index (κ3) is 3.71. The molecule has 126 valence electrons. The molecule has 0 saturated heterocycles. The van der Waals surface area contributed by atoms with Gasteiger partial charge in [-0.15, -0.1) is 5.10 Å². The number of nitrogens with zero attached hydrogens (tertiary/aromatic N) is 3. The van der Waals surface area contributed by atoms with Crippen LogP contribution in [-0.2, 0) is 13.2 Å². The van der Waals surface area contributed by atoms with Gasteiger partial charge in [0, 0.05) is 15.6 Å². The second-order valence-corrected chi connectivity index (χ2v) is 6.12. The summed E-state index contributed by atoms with van der Waals surface area (Å²) in [6.45, 7) is 0.534. The Kier molecular flexibility index (Phi) is 5.13. The average Bonchev–Trinajstić information content (AvgIpc) is 2.91. The van der Waals surface area contributed by atoms with Gasteiger partial charge in [-0.1, -0.05) is 59.6 Å². The fraction of sp³-hybridized carbons (Fsp3) is 0.111. The summed E-state index contributed by atoms with van der Waals surface area (Å²) in [5.41, 5.74) is 7.88. The third-order valence-corrected chi connectivity index (χ3v) is 4.41. The van der Waals surface area contributed by atoms with Crippen molar-refractivity contribution in [2.75, 3.05) is 5.73 Å². The van der Waals surface area contributed by atoms with E-state index < -0.39 is 0 Å². The van der Waals surface area contributed by atoms with Crippen LogP contribution in [0.25, 0.3) is 0 Å². The minimum absolute atomic E-state index is 0.173. The fourth-order valence-corrected chi connectivity index (χ4v) is 2.71. The van der Waals surface area contributed by atoms with Crippen molar-refractivity contribution in [3.63, 3.8) is 0 Å². The summed E-state index contributed by atoms with van der Waals surface area (Å²) in [6.07, 6.45) is 0. The number of benzene rings is 2. The second kappa shape index (κ2) is 7.47. The molecular formula is C18H14Cl2N4O. The van der Waals surface area contributed by atoms with Crippen molar-refractivity contribution in [3.05, 3.63) is 75.3 Å². The van der Waals surface area contributed by atoms with Crippen molar-refractivity contribution >= 4 is 29.0 Å². The maximum atomic E-state index is 9.37. The standard InChI is InChI=1S/C18H14Cl2N4O/c19-15-7-3-1-5-12(15)10-24-17(22)14(9-21)18(23-24)25-11-13-6-2-4-8-16(13)20/h1-8H,10-11,22H2. The lowest BCUT2D eigenvalue weighted by molar-refractivity contribution is 0.289. The van der Waals surface area contributed by atoms with Crippen LogP contribution in [0, 0.1) is 11.3 Å². The van der Waals surface area contributed by atoms with Gasteiger partial charge in [0.15, 0.2) is 5.56 Å². The molecule has 0 amide bonds. The predicted octanol–water partition coefficient (Wildman–Crippen LogP) is 4.27. The summed E-state index contributed by atoms with van der Waals surface area (Å²) in [5, 5.41) is 14.9. The molecule has 2 aromatic carbocycles. The van der Waals surface area contributed by atoms with Gasteiger partial charge < -0.3 is 10.5 Å². The smallest absolute Gasteiger partial charge is 0.253 e. The molecule has 0 spiro atoms. The summed E-state index contributed by atoms with van der Waals surface area (Å²) >= 11 is 12.3. The summed E-state index contributed by atoms with van der Waals surface area (Å²) < 4.78 is 7.17. The average molecular weight is 373 g/mol. The molecule has 0 unspecified atom stereocenters. The highest BCUT2D eigenvalue weighted by molar-refractivity contribution is 6.31. The summed E-state index contributed by atoms with van der Waals surface area (Å²) in [5.74, 6) is 0.406. The lowest BCUT2D eigenvalue weighted by atomic mass is 10.2. The zero-order valence-electron chi connectivity index (χ0n) is 13.1. The van der Waals surface area contributed by atoms with Crippen LogP contribution in [0.15, 0.2) is 48.5 Å². The molecule has 0 aliphatic rings. The largest absolute Gasteiger partial charge is 0.471 e. The molecule has 2 N–H and O–H groups in total. The first-order valence-electron chi connectivity index (χ1n) is 7.46. The minimum atomic E-state index is 0.173. The Bertz CT molecular complexity index is 946. The van der Waals surface area contributed by atoms with Crippen molar-refractivity contribution < 1.29 is 4.74 Å². The molecule has 3 rings (SSSR count). The van der Waals surface area contributed by atoms with Crippen LogP contribution in [0.4, 0.5) is 5.82 Å². The van der Waals surface area contributed by atoms with Crippen LogP contribution in [0.2, 0.25) is 10.0 Å². The molecule has 0 bridgehead atoms. The number of hydrogen-bond acceptors (Lipinski definition) is 4. The maximum absolute atomic E-state index is 9.37. The number of nitriles is 1. The number of nitrogens with two attached hydrogens (primary N) is 1. The van der Waals surface area contributed by atoms with Crippen LogP contribution in [0.5, 0.6) is 5.88 Å².